The van der Waals surface area contributed by atoms with Crippen molar-refractivity contribution in [2.45, 2.75) is 71.4 Å². The molecule has 0 aliphatic heterocycles. The minimum absolute atomic E-state index is 0.126. The van der Waals surface area contributed by atoms with E-state index in [1.165, 1.54) is 0 Å². The predicted octanol–water partition coefficient (Wildman–Crippen LogP) is 3.37. The van der Waals surface area contributed by atoms with Crippen molar-refractivity contribution >= 4 is 6.09 Å². The number of nitrogens with one attached hydrogen (secondary N) is 1. The minimum Gasteiger partial charge on any atom is -0.444 e. The van der Waals surface area contributed by atoms with Crippen LogP contribution in [0.3, 0.4) is 0 Å². The van der Waals surface area contributed by atoms with Crippen molar-refractivity contribution in [1.82, 2.24) is 5.32 Å². The van der Waals surface area contributed by atoms with E-state index in [0.717, 1.165) is 25.7 Å². The van der Waals surface area contributed by atoms with Crippen LogP contribution in [0.25, 0.3) is 0 Å². The van der Waals surface area contributed by atoms with Crippen molar-refractivity contribution in [2.24, 2.45) is 5.41 Å². The molecule has 4 nitrogen and oxygen atoms in total. The Morgan fingerprint density at radius 3 is 2.44 bits per heavy atom. The second-order valence-corrected chi connectivity index (χ2v) is 6.57. The van der Waals surface area contributed by atoms with Gasteiger partial charge in [-0.3, -0.25) is 0 Å². The first-order chi connectivity index (χ1) is 8.24. The Balaban J connectivity index is 2.36. The Kier molecular flexibility index (Phi) is 4.61. The predicted molar refractivity (Wildman–Crippen MR) is 70.0 cm³/mol. The third-order valence-electron chi connectivity index (χ3n) is 3.42. The molecule has 1 rings (SSSR count). The number of nitriles is 1. The molecule has 0 unspecified atom stereocenters. The van der Waals surface area contributed by atoms with Crippen LogP contribution in [0.2, 0.25) is 0 Å². The average Bonchev–Trinajstić information content (AvgIpc) is 2.19. The van der Waals surface area contributed by atoms with Crippen molar-refractivity contribution in [2.75, 3.05) is 0 Å². The Morgan fingerprint density at radius 1 is 1.44 bits per heavy atom. The Hall–Kier alpha value is -1.24. The smallest absolute Gasteiger partial charge is 0.407 e. The lowest BCUT2D eigenvalue weighted by Crippen LogP contribution is -2.42. The third kappa shape index (κ3) is 4.95. The summed E-state index contributed by atoms with van der Waals surface area (Å²) in [4.78, 5) is 11.6. The molecule has 1 fully saturated rings. The molecule has 1 amide bonds. The first-order valence-corrected chi connectivity index (χ1v) is 6.61. The van der Waals surface area contributed by atoms with Crippen LogP contribution >= 0.6 is 0 Å². The molecule has 0 bridgehead atoms. The SMILES string of the molecule is CC1(CC#N)CCC(NC(=O)OC(C)(C)C)CC1. The second-order valence-electron chi connectivity index (χ2n) is 6.57. The summed E-state index contributed by atoms with van der Waals surface area (Å²) in [5.41, 5.74) is -0.324. The van der Waals surface area contributed by atoms with E-state index in [0.29, 0.717) is 6.42 Å². The van der Waals surface area contributed by atoms with E-state index in [9.17, 15) is 4.79 Å². The molecule has 0 saturated heterocycles. The lowest BCUT2D eigenvalue weighted by atomic mass is 9.72. The summed E-state index contributed by atoms with van der Waals surface area (Å²) in [5.74, 6) is 0. The van der Waals surface area contributed by atoms with E-state index < -0.39 is 5.60 Å². The number of nitrogens with zero attached hydrogens (tertiary/aromatic N) is 1. The number of hydrogen-bond acceptors (Lipinski definition) is 3. The van der Waals surface area contributed by atoms with Gasteiger partial charge in [0.05, 0.1) is 6.07 Å². The number of carbonyl (C=O) groups is 1. The topological polar surface area (TPSA) is 62.1 Å². The molecule has 0 spiro atoms. The van der Waals surface area contributed by atoms with Gasteiger partial charge in [0, 0.05) is 12.5 Å². The summed E-state index contributed by atoms with van der Waals surface area (Å²) >= 11 is 0. The van der Waals surface area contributed by atoms with Gasteiger partial charge in [-0.2, -0.15) is 5.26 Å². The number of ether oxygens (including phenoxy) is 1. The van der Waals surface area contributed by atoms with Gasteiger partial charge in [0.25, 0.3) is 0 Å². The van der Waals surface area contributed by atoms with E-state index in [4.69, 9.17) is 10.00 Å². The molecular weight excluding hydrogens is 228 g/mol. The van der Waals surface area contributed by atoms with Gasteiger partial charge < -0.3 is 10.1 Å². The highest BCUT2D eigenvalue weighted by atomic mass is 16.6. The molecule has 1 saturated carbocycles. The summed E-state index contributed by atoms with van der Waals surface area (Å²) in [6, 6.07) is 2.44. The molecule has 0 atom stereocenters. The van der Waals surface area contributed by atoms with Crippen LogP contribution in [0.5, 0.6) is 0 Å². The molecule has 0 radical (unpaired) electrons. The van der Waals surface area contributed by atoms with Crippen molar-refractivity contribution in [1.29, 1.82) is 5.26 Å². The lowest BCUT2D eigenvalue weighted by Gasteiger charge is -2.36. The quantitative estimate of drug-likeness (QED) is 0.819. The molecule has 1 N–H and O–H groups in total. The summed E-state index contributed by atoms with van der Waals surface area (Å²) in [6.45, 7) is 7.73. The molecule has 0 heterocycles. The Morgan fingerprint density at radius 2 is 2.00 bits per heavy atom. The van der Waals surface area contributed by atoms with Gasteiger partial charge in [-0.25, -0.2) is 4.79 Å². The molecule has 0 aromatic carbocycles. The van der Waals surface area contributed by atoms with E-state index >= 15 is 0 Å². The Bertz CT molecular complexity index is 331. The molecule has 0 aromatic heterocycles. The molecule has 0 aromatic rings. The summed E-state index contributed by atoms with van der Waals surface area (Å²) < 4.78 is 5.24. The van der Waals surface area contributed by atoms with Crippen LogP contribution in [0.1, 0.15) is 59.8 Å². The van der Waals surface area contributed by atoms with Crippen molar-refractivity contribution in [3.63, 3.8) is 0 Å². The maximum atomic E-state index is 11.6. The zero-order valence-corrected chi connectivity index (χ0v) is 11.9. The second kappa shape index (κ2) is 5.60. The molecule has 1 aliphatic rings. The largest absolute Gasteiger partial charge is 0.444 e. The van der Waals surface area contributed by atoms with Crippen molar-refractivity contribution < 1.29 is 9.53 Å². The highest BCUT2D eigenvalue weighted by Crippen LogP contribution is 2.38. The fourth-order valence-corrected chi connectivity index (χ4v) is 2.30. The van der Waals surface area contributed by atoms with E-state index in [-0.39, 0.29) is 17.6 Å². The Labute approximate surface area is 110 Å². The summed E-state index contributed by atoms with van der Waals surface area (Å²) in [7, 11) is 0. The van der Waals surface area contributed by atoms with Crippen LogP contribution in [-0.2, 0) is 4.74 Å². The molecule has 4 heteroatoms. The van der Waals surface area contributed by atoms with Crippen LogP contribution in [0.4, 0.5) is 4.79 Å². The monoisotopic (exact) mass is 252 g/mol. The average molecular weight is 252 g/mol. The van der Waals surface area contributed by atoms with Crippen LogP contribution < -0.4 is 5.32 Å². The minimum atomic E-state index is -0.450. The molecule has 102 valence electrons. The van der Waals surface area contributed by atoms with E-state index in [1.807, 2.05) is 20.8 Å². The van der Waals surface area contributed by atoms with Gasteiger partial charge in [0.1, 0.15) is 5.60 Å². The first-order valence-electron chi connectivity index (χ1n) is 6.61. The maximum absolute atomic E-state index is 11.6. The lowest BCUT2D eigenvalue weighted by molar-refractivity contribution is 0.0473. The summed E-state index contributed by atoms with van der Waals surface area (Å²) in [6.07, 6.45) is 4.10. The van der Waals surface area contributed by atoms with E-state index in [1.54, 1.807) is 0 Å². The van der Waals surface area contributed by atoms with Crippen molar-refractivity contribution in [3.8, 4) is 6.07 Å². The van der Waals surface area contributed by atoms with Gasteiger partial charge in [-0.05, 0) is 51.9 Å². The van der Waals surface area contributed by atoms with Gasteiger partial charge in [0.15, 0.2) is 0 Å². The number of amides is 1. The number of carbonyl (C=O) groups excluding carboxylic acids is 1. The number of rotatable bonds is 2. The fourth-order valence-electron chi connectivity index (χ4n) is 2.30. The zero-order chi connectivity index (χ0) is 13.8. The van der Waals surface area contributed by atoms with Gasteiger partial charge in [0.2, 0.25) is 0 Å². The normalized spacial score (nSPS) is 28.3. The van der Waals surface area contributed by atoms with Crippen LogP contribution in [0.15, 0.2) is 0 Å². The third-order valence-corrected chi connectivity index (χ3v) is 3.42. The van der Waals surface area contributed by atoms with Gasteiger partial charge in [-0.1, -0.05) is 6.92 Å². The molecule has 1 aliphatic carbocycles. The number of alkyl carbamates (subject to hydrolysis) is 1. The first kappa shape index (κ1) is 14.8. The van der Waals surface area contributed by atoms with Gasteiger partial charge >= 0.3 is 6.09 Å². The van der Waals surface area contributed by atoms with Crippen molar-refractivity contribution in [3.05, 3.63) is 0 Å². The van der Waals surface area contributed by atoms with Gasteiger partial charge in [-0.15, -0.1) is 0 Å². The maximum Gasteiger partial charge on any atom is 0.407 e. The molecular formula is C14H24N2O2. The number of hydrogen-bond donors (Lipinski definition) is 1. The fraction of sp³-hybridized carbons (Fsp3) is 0.857. The standard InChI is InChI=1S/C14H24N2O2/c1-13(2,3)18-12(17)16-11-5-7-14(4,8-6-11)9-10-15/h11H,5-9H2,1-4H3,(H,16,17). The highest BCUT2D eigenvalue weighted by Gasteiger charge is 2.32. The molecule has 18 heavy (non-hydrogen) atoms. The van der Waals surface area contributed by atoms with Crippen LogP contribution in [0, 0.1) is 16.7 Å². The highest BCUT2D eigenvalue weighted by molar-refractivity contribution is 5.68. The summed E-state index contributed by atoms with van der Waals surface area (Å²) in [5, 5.41) is 11.7. The van der Waals surface area contributed by atoms with Crippen LogP contribution in [-0.4, -0.2) is 17.7 Å². The van der Waals surface area contributed by atoms with E-state index in [2.05, 4.69) is 18.3 Å². The zero-order valence-electron chi connectivity index (χ0n) is 11.9.